The quantitative estimate of drug-likeness (QED) is 0.179. The molecule has 0 saturated heterocycles. The first kappa shape index (κ1) is 30.3. The molecule has 0 saturated carbocycles. The van der Waals surface area contributed by atoms with Gasteiger partial charge in [-0.05, 0) is 53.9 Å². The Morgan fingerprint density at radius 2 is 1.00 bits per heavy atom. The minimum Gasteiger partial charge on any atom is -0.309 e. The second kappa shape index (κ2) is 12.6. The Balaban J connectivity index is 1.33. The molecule has 51 heavy (non-hydrogen) atoms. The number of rotatable bonds is 6. The summed E-state index contributed by atoms with van der Waals surface area (Å²) in [7, 11) is 0. The van der Waals surface area contributed by atoms with Crippen molar-refractivity contribution >= 4 is 21.8 Å². The first-order valence-electron chi connectivity index (χ1n) is 17.0. The predicted molar refractivity (Wildman–Crippen MR) is 206 cm³/mol. The summed E-state index contributed by atoms with van der Waals surface area (Å²) >= 11 is 0. The maximum atomic E-state index is 15.6. The molecule has 0 fully saturated rings. The van der Waals surface area contributed by atoms with Gasteiger partial charge in [0.25, 0.3) is 0 Å². The molecule has 0 unspecified atom stereocenters. The van der Waals surface area contributed by atoms with Crippen molar-refractivity contribution in [2.24, 2.45) is 0 Å². The molecule has 9 rings (SSSR count). The van der Waals surface area contributed by atoms with Crippen molar-refractivity contribution in [1.29, 1.82) is 0 Å². The van der Waals surface area contributed by atoms with Gasteiger partial charge in [0.05, 0.1) is 11.0 Å². The Labute approximate surface area is 295 Å². The molecule has 0 atom stereocenters. The van der Waals surface area contributed by atoms with Crippen molar-refractivity contribution in [3.8, 4) is 62.1 Å². The number of hydrogen-bond donors (Lipinski definition) is 0. The number of fused-ring (bicyclic) bond motifs is 3. The highest BCUT2D eigenvalue weighted by atomic mass is 19.1. The zero-order valence-corrected chi connectivity index (χ0v) is 27.8. The van der Waals surface area contributed by atoms with E-state index >= 15 is 4.39 Å². The van der Waals surface area contributed by atoms with Crippen molar-refractivity contribution in [2.75, 3.05) is 0 Å². The van der Waals surface area contributed by atoms with Crippen LogP contribution in [0.1, 0.15) is 5.56 Å². The number of nitrogens with zero attached hydrogens (tertiary/aromatic N) is 4. The Morgan fingerprint density at radius 1 is 0.412 bits per heavy atom. The minimum atomic E-state index is -0.313. The lowest BCUT2D eigenvalue weighted by atomic mass is 9.97. The fourth-order valence-electron chi connectivity index (χ4n) is 6.87. The molecule has 4 nitrogen and oxygen atoms in total. The average molecular weight is 659 g/mol. The summed E-state index contributed by atoms with van der Waals surface area (Å²) in [5.74, 6) is 1.24. The highest BCUT2D eigenvalue weighted by Gasteiger charge is 2.20. The second-order valence-electron chi connectivity index (χ2n) is 12.7. The Kier molecular flexibility index (Phi) is 7.51. The van der Waals surface area contributed by atoms with Gasteiger partial charge in [0.2, 0.25) is 0 Å². The predicted octanol–water partition coefficient (Wildman–Crippen LogP) is 11.8. The highest BCUT2D eigenvalue weighted by molar-refractivity contribution is 6.10. The van der Waals surface area contributed by atoms with E-state index in [4.69, 9.17) is 15.0 Å². The lowest BCUT2D eigenvalue weighted by Crippen LogP contribution is -2.03. The van der Waals surface area contributed by atoms with Gasteiger partial charge in [-0.1, -0.05) is 145 Å². The number of halogens is 1. The number of benzene rings is 7. The fraction of sp³-hybridized carbons (Fsp3) is 0.0217. The van der Waals surface area contributed by atoms with Gasteiger partial charge < -0.3 is 4.57 Å². The topological polar surface area (TPSA) is 43.6 Å². The smallest absolute Gasteiger partial charge is 0.164 e. The molecule has 0 aliphatic heterocycles. The van der Waals surface area contributed by atoms with E-state index in [9.17, 15) is 0 Å². The van der Waals surface area contributed by atoms with Gasteiger partial charge in [-0.15, -0.1) is 0 Å². The Morgan fingerprint density at radius 3 is 1.71 bits per heavy atom. The molecule has 5 heteroatoms. The van der Waals surface area contributed by atoms with Crippen LogP contribution >= 0.6 is 0 Å². The maximum Gasteiger partial charge on any atom is 0.164 e. The van der Waals surface area contributed by atoms with Crippen LogP contribution in [0.5, 0.6) is 0 Å². The molecule has 0 radical (unpaired) electrons. The van der Waals surface area contributed by atoms with E-state index in [1.165, 1.54) is 11.6 Å². The van der Waals surface area contributed by atoms with Crippen LogP contribution in [-0.4, -0.2) is 19.5 Å². The second-order valence-corrected chi connectivity index (χ2v) is 12.7. The van der Waals surface area contributed by atoms with Crippen LogP contribution in [0.3, 0.4) is 0 Å². The van der Waals surface area contributed by atoms with Gasteiger partial charge in [0.15, 0.2) is 17.5 Å². The Bertz CT molecular complexity index is 2640. The van der Waals surface area contributed by atoms with Crippen LogP contribution in [0.15, 0.2) is 170 Å². The van der Waals surface area contributed by atoms with Crippen molar-refractivity contribution < 1.29 is 4.39 Å². The zero-order valence-electron chi connectivity index (χ0n) is 27.8. The first-order chi connectivity index (χ1) is 25.1. The van der Waals surface area contributed by atoms with Gasteiger partial charge in [-0.25, -0.2) is 19.3 Å². The van der Waals surface area contributed by atoms with Gasteiger partial charge in [0.1, 0.15) is 5.82 Å². The lowest BCUT2D eigenvalue weighted by Gasteiger charge is -2.16. The van der Waals surface area contributed by atoms with E-state index < -0.39 is 0 Å². The summed E-state index contributed by atoms with van der Waals surface area (Å²) in [5, 5.41) is 2.31. The standard InChI is InChI=1S/C46H31FN4/c1-30-20-22-31(23-21-30)34-24-26-39-38-17-9-11-19-42(38)51(43(39)28-34)35-25-27-36(37-16-8-10-18-41(37)47)40(29-35)46-49-44(32-12-4-2-5-13-32)48-45(50-46)33-14-6-3-7-15-33/h2-29H,1H3. The van der Waals surface area contributed by atoms with Crippen LogP contribution in [-0.2, 0) is 0 Å². The third-order valence-electron chi connectivity index (χ3n) is 9.42. The third kappa shape index (κ3) is 5.55. The molecule has 0 aliphatic carbocycles. The molecule has 7 aromatic carbocycles. The molecule has 242 valence electrons. The monoisotopic (exact) mass is 658 g/mol. The molecular weight excluding hydrogens is 628 g/mol. The Hall–Kier alpha value is -6.72. The van der Waals surface area contributed by atoms with E-state index in [0.717, 1.165) is 49.7 Å². The lowest BCUT2D eigenvalue weighted by molar-refractivity contribution is 0.631. The van der Waals surface area contributed by atoms with Crippen molar-refractivity contribution in [1.82, 2.24) is 19.5 Å². The summed E-state index contributed by atoms with van der Waals surface area (Å²) in [5.41, 5.74) is 10.2. The molecule has 0 aliphatic rings. The third-order valence-corrected chi connectivity index (χ3v) is 9.42. The average Bonchev–Trinajstić information content (AvgIpc) is 3.52. The van der Waals surface area contributed by atoms with Gasteiger partial charge in [-0.3, -0.25) is 0 Å². The number of aryl methyl sites for hydroxylation is 1. The van der Waals surface area contributed by atoms with Crippen LogP contribution in [0.4, 0.5) is 4.39 Å². The summed E-state index contributed by atoms with van der Waals surface area (Å²) in [6, 6.07) is 56.5. The molecule has 0 spiro atoms. The van der Waals surface area contributed by atoms with Crippen molar-refractivity contribution in [3.05, 3.63) is 181 Å². The summed E-state index contributed by atoms with van der Waals surface area (Å²) in [4.78, 5) is 15.1. The highest BCUT2D eigenvalue weighted by Crippen LogP contribution is 2.39. The number of para-hydroxylation sites is 1. The maximum absolute atomic E-state index is 15.6. The van der Waals surface area contributed by atoms with E-state index in [1.807, 2.05) is 72.8 Å². The molecule has 0 amide bonds. The van der Waals surface area contributed by atoms with E-state index in [-0.39, 0.29) is 5.82 Å². The van der Waals surface area contributed by atoms with Crippen LogP contribution in [0.2, 0.25) is 0 Å². The van der Waals surface area contributed by atoms with Crippen LogP contribution < -0.4 is 0 Å². The largest absolute Gasteiger partial charge is 0.309 e. The van der Waals surface area contributed by atoms with Crippen molar-refractivity contribution in [3.63, 3.8) is 0 Å². The fourth-order valence-corrected chi connectivity index (χ4v) is 6.87. The summed E-state index contributed by atoms with van der Waals surface area (Å²) in [6.45, 7) is 2.10. The van der Waals surface area contributed by atoms with Crippen LogP contribution in [0, 0.1) is 12.7 Å². The SMILES string of the molecule is Cc1ccc(-c2ccc3c4ccccc4n(-c4ccc(-c5ccccc5F)c(-c5nc(-c6ccccc6)nc(-c6ccccc6)n5)c4)c3c2)cc1. The first-order valence-corrected chi connectivity index (χ1v) is 17.0. The van der Waals surface area contributed by atoms with E-state index in [0.29, 0.717) is 34.2 Å². The number of aromatic nitrogens is 4. The van der Waals surface area contributed by atoms with Gasteiger partial charge >= 0.3 is 0 Å². The van der Waals surface area contributed by atoms with E-state index in [1.54, 1.807) is 12.1 Å². The molecule has 2 heterocycles. The van der Waals surface area contributed by atoms with Gasteiger partial charge in [0, 0.05) is 38.7 Å². The summed E-state index contributed by atoms with van der Waals surface area (Å²) in [6.07, 6.45) is 0. The molecule has 9 aromatic rings. The summed E-state index contributed by atoms with van der Waals surface area (Å²) < 4.78 is 17.9. The normalized spacial score (nSPS) is 11.3. The van der Waals surface area contributed by atoms with Gasteiger partial charge in [-0.2, -0.15) is 0 Å². The molecule has 0 N–H and O–H groups in total. The molecule has 0 bridgehead atoms. The molecular formula is C46H31FN4. The minimum absolute atomic E-state index is 0.313. The van der Waals surface area contributed by atoms with E-state index in [2.05, 4.69) is 90.4 Å². The number of hydrogen-bond acceptors (Lipinski definition) is 3. The molecule has 2 aromatic heterocycles. The zero-order chi connectivity index (χ0) is 34.3. The van der Waals surface area contributed by atoms with Crippen LogP contribution in [0.25, 0.3) is 83.9 Å². The van der Waals surface area contributed by atoms with Crippen molar-refractivity contribution in [2.45, 2.75) is 6.92 Å².